The molecule has 5 heteroatoms. The number of anilines is 1. The second-order valence-corrected chi connectivity index (χ2v) is 5.49. The predicted molar refractivity (Wildman–Crippen MR) is 85.5 cm³/mol. The van der Waals surface area contributed by atoms with E-state index in [0.29, 0.717) is 12.5 Å². The van der Waals surface area contributed by atoms with Crippen LogP contribution in [0.4, 0.5) is 5.82 Å². The summed E-state index contributed by atoms with van der Waals surface area (Å²) >= 11 is 0. The third kappa shape index (κ3) is 3.13. The SMILES string of the molecule is COc1ccc(CNc2cc(C3CCC3)ncn2)c(OC)c1. The van der Waals surface area contributed by atoms with Crippen molar-refractivity contribution in [3.63, 3.8) is 0 Å². The maximum absolute atomic E-state index is 5.41. The molecule has 0 aliphatic heterocycles. The van der Waals surface area contributed by atoms with Gasteiger partial charge in [-0.25, -0.2) is 9.97 Å². The van der Waals surface area contributed by atoms with Crippen LogP contribution < -0.4 is 14.8 Å². The minimum absolute atomic E-state index is 0.610. The lowest BCUT2D eigenvalue weighted by Crippen LogP contribution is -2.12. The Morgan fingerprint density at radius 3 is 2.68 bits per heavy atom. The van der Waals surface area contributed by atoms with Crippen LogP contribution in [0.25, 0.3) is 0 Å². The molecule has 1 N–H and O–H groups in total. The Labute approximate surface area is 130 Å². The topological polar surface area (TPSA) is 56.3 Å². The Morgan fingerprint density at radius 2 is 2.00 bits per heavy atom. The quantitative estimate of drug-likeness (QED) is 0.886. The normalized spacial score (nSPS) is 14.3. The molecular formula is C17H21N3O2. The Kier molecular flexibility index (Phi) is 4.42. The molecule has 2 aromatic rings. The average Bonchev–Trinajstić information content (AvgIpc) is 2.51. The lowest BCUT2D eigenvalue weighted by molar-refractivity contribution is 0.391. The van der Waals surface area contributed by atoms with E-state index in [9.17, 15) is 0 Å². The van der Waals surface area contributed by atoms with E-state index in [1.165, 1.54) is 19.3 Å². The maximum atomic E-state index is 5.41. The van der Waals surface area contributed by atoms with E-state index in [1.807, 2.05) is 18.2 Å². The number of nitrogens with zero attached hydrogens (tertiary/aromatic N) is 2. The van der Waals surface area contributed by atoms with Gasteiger partial charge in [0.2, 0.25) is 0 Å². The number of hydrogen-bond acceptors (Lipinski definition) is 5. The van der Waals surface area contributed by atoms with Crippen LogP contribution in [0.1, 0.15) is 36.4 Å². The number of ether oxygens (including phenoxy) is 2. The number of aromatic nitrogens is 2. The molecule has 1 aliphatic carbocycles. The van der Waals surface area contributed by atoms with Gasteiger partial charge in [-0.2, -0.15) is 0 Å². The highest BCUT2D eigenvalue weighted by Crippen LogP contribution is 2.35. The Bertz CT molecular complexity index is 642. The first kappa shape index (κ1) is 14.6. The molecule has 1 fully saturated rings. The van der Waals surface area contributed by atoms with Crippen molar-refractivity contribution in [2.45, 2.75) is 31.7 Å². The zero-order chi connectivity index (χ0) is 15.4. The van der Waals surface area contributed by atoms with E-state index in [4.69, 9.17) is 9.47 Å². The summed E-state index contributed by atoms with van der Waals surface area (Å²) < 4.78 is 10.6. The van der Waals surface area contributed by atoms with E-state index < -0.39 is 0 Å². The fourth-order valence-corrected chi connectivity index (χ4v) is 2.58. The molecule has 1 saturated carbocycles. The first-order valence-corrected chi connectivity index (χ1v) is 7.57. The van der Waals surface area contributed by atoms with Gasteiger partial charge >= 0.3 is 0 Å². The molecule has 1 heterocycles. The summed E-state index contributed by atoms with van der Waals surface area (Å²) in [6.07, 6.45) is 5.42. The number of rotatable bonds is 6. The van der Waals surface area contributed by atoms with Gasteiger partial charge in [-0.05, 0) is 25.0 Å². The largest absolute Gasteiger partial charge is 0.497 e. The Hall–Kier alpha value is -2.30. The average molecular weight is 299 g/mol. The monoisotopic (exact) mass is 299 g/mol. The minimum Gasteiger partial charge on any atom is -0.497 e. The van der Waals surface area contributed by atoms with Gasteiger partial charge < -0.3 is 14.8 Å². The molecule has 0 atom stereocenters. The summed E-state index contributed by atoms with van der Waals surface area (Å²) in [7, 11) is 3.31. The van der Waals surface area contributed by atoms with Crippen LogP contribution in [0.2, 0.25) is 0 Å². The second-order valence-electron chi connectivity index (χ2n) is 5.49. The fraction of sp³-hybridized carbons (Fsp3) is 0.412. The second kappa shape index (κ2) is 6.64. The van der Waals surface area contributed by atoms with Crippen molar-refractivity contribution < 1.29 is 9.47 Å². The molecule has 1 aromatic carbocycles. The van der Waals surface area contributed by atoms with E-state index in [-0.39, 0.29) is 0 Å². The van der Waals surface area contributed by atoms with Gasteiger partial charge in [-0.3, -0.25) is 0 Å². The standard InChI is InChI=1S/C17H21N3O2/c1-21-14-7-6-13(16(8-14)22-2)10-18-17-9-15(19-11-20-17)12-4-3-5-12/h6-9,11-12H,3-5,10H2,1-2H3,(H,18,19,20). The molecular weight excluding hydrogens is 278 g/mol. The van der Waals surface area contributed by atoms with Gasteiger partial charge in [0, 0.05) is 35.9 Å². The number of hydrogen-bond donors (Lipinski definition) is 1. The Morgan fingerprint density at radius 1 is 1.14 bits per heavy atom. The first-order chi connectivity index (χ1) is 10.8. The molecule has 1 aromatic heterocycles. The van der Waals surface area contributed by atoms with Crippen molar-refractivity contribution >= 4 is 5.82 Å². The van der Waals surface area contributed by atoms with Crippen molar-refractivity contribution in [1.82, 2.24) is 9.97 Å². The fourth-order valence-electron chi connectivity index (χ4n) is 2.58. The maximum Gasteiger partial charge on any atom is 0.129 e. The number of nitrogens with one attached hydrogen (secondary N) is 1. The van der Waals surface area contributed by atoms with Gasteiger partial charge in [0.05, 0.1) is 14.2 Å². The van der Waals surface area contributed by atoms with Gasteiger partial charge in [0.1, 0.15) is 23.6 Å². The number of methoxy groups -OCH3 is 2. The van der Waals surface area contributed by atoms with Crippen molar-refractivity contribution in [1.29, 1.82) is 0 Å². The van der Waals surface area contributed by atoms with Gasteiger partial charge in [0.25, 0.3) is 0 Å². The van der Waals surface area contributed by atoms with E-state index in [2.05, 4.69) is 21.4 Å². The smallest absolute Gasteiger partial charge is 0.129 e. The molecule has 22 heavy (non-hydrogen) atoms. The zero-order valence-electron chi connectivity index (χ0n) is 13.0. The van der Waals surface area contributed by atoms with Crippen LogP contribution in [0, 0.1) is 0 Å². The highest BCUT2D eigenvalue weighted by molar-refractivity contribution is 5.44. The molecule has 3 rings (SSSR count). The van der Waals surface area contributed by atoms with Crippen LogP contribution in [0.5, 0.6) is 11.5 Å². The van der Waals surface area contributed by atoms with E-state index in [1.54, 1.807) is 20.5 Å². The molecule has 0 amide bonds. The van der Waals surface area contributed by atoms with E-state index >= 15 is 0 Å². The van der Waals surface area contributed by atoms with Crippen molar-refractivity contribution in [2.24, 2.45) is 0 Å². The highest BCUT2D eigenvalue weighted by Gasteiger charge is 2.21. The lowest BCUT2D eigenvalue weighted by atomic mass is 9.83. The molecule has 116 valence electrons. The van der Waals surface area contributed by atoms with Gasteiger partial charge in [-0.15, -0.1) is 0 Å². The van der Waals surface area contributed by atoms with Crippen LogP contribution >= 0.6 is 0 Å². The zero-order valence-corrected chi connectivity index (χ0v) is 13.0. The van der Waals surface area contributed by atoms with Crippen molar-refractivity contribution in [2.75, 3.05) is 19.5 Å². The summed E-state index contributed by atoms with van der Waals surface area (Å²) in [6, 6.07) is 7.87. The summed E-state index contributed by atoms with van der Waals surface area (Å²) in [6.45, 7) is 0.647. The molecule has 0 saturated heterocycles. The summed E-state index contributed by atoms with van der Waals surface area (Å²) in [5.41, 5.74) is 2.21. The number of benzene rings is 1. The molecule has 0 spiro atoms. The molecule has 0 unspecified atom stereocenters. The van der Waals surface area contributed by atoms with Crippen LogP contribution in [-0.2, 0) is 6.54 Å². The summed E-state index contributed by atoms with van der Waals surface area (Å²) in [5, 5.41) is 3.34. The first-order valence-electron chi connectivity index (χ1n) is 7.57. The van der Waals surface area contributed by atoms with Crippen LogP contribution in [0.3, 0.4) is 0 Å². The van der Waals surface area contributed by atoms with Crippen LogP contribution in [-0.4, -0.2) is 24.2 Å². The minimum atomic E-state index is 0.610. The van der Waals surface area contributed by atoms with Gasteiger partial charge in [-0.1, -0.05) is 6.42 Å². The lowest BCUT2D eigenvalue weighted by Gasteiger charge is -2.24. The summed E-state index contributed by atoms with van der Waals surface area (Å²) in [4.78, 5) is 8.68. The third-order valence-electron chi connectivity index (χ3n) is 4.17. The molecule has 1 aliphatic rings. The molecule has 0 radical (unpaired) electrons. The predicted octanol–water partition coefficient (Wildman–Crippen LogP) is 3.37. The molecule has 0 bridgehead atoms. The summed E-state index contributed by atoms with van der Waals surface area (Å²) in [5.74, 6) is 3.06. The van der Waals surface area contributed by atoms with Gasteiger partial charge in [0.15, 0.2) is 0 Å². The highest BCUT2D eigenvalue weighted by atomic mass is 16.5. The Balaban J connectivity index is 1.69. The molecule has 5 nitrogen and oxygen atoms in total. The van der Waals surface area contributed by atoms with Crippen molar-refractivity contribution in [3.05, 3.63) is 41.9 Å². The van der Waals surface area contributed by atoms with Crippen LogP contribution in [0.15, 0.2) is 30.6 Å². The third-order valence-corrected chi connectivity index (χ3v) is 4.17. The van der Waals surface area contributed by atoms with Crippen molar-refractivity contribution in [3.8, 4) is 11.5 Å². The van der Waals surface area contributed by atoms with E-state index in [0.717, 1.165) is 28.6 Å².